The van der Waals surface area contributed by atoms with E-state index < -0.39 is 0 Å². The Morgan fingerprint density at radius 2 is 2.09 bits per heavy atom. The van der Waals surface area contributed by atoms with Crippen LogP contribution in [-0.4, -0.2) is 26.2 Å². The van der Waals surface area contributed by atoms with Crippen molar-refractivity contribution in [1.82, 2.24) is 19.7 Å². The Morgan fingerprint density at radius 3 is 2.86 bits per heavy atom. The van der Waals surface area contributed by atoms with E-state index in [-0.39, 0.29) is 0 Å². The normalized spacial score (nSPS) is 23.6. The quantitative estimate of drug-likeness (QED) is 0.858. The zero-order valence-electron chi connectivity index (χ0n) is 13.2. The van der Waals surface area contributed by atoms with E-state index >= 15 is 0 Å². The molecule has 1 saturated carbocycles. The molecule has 1 atom stereocenters. The van der Waals surface area contributed by atoms with Crippen LogP contribution in [0.25, 0.3) is 0 Å². The van der Waals surface area contributed by atoms with E-state index in [1.54, 1.807) is 0 Å². The molecular weight excluding hydrogens is 292 g/mol. The molecule has 4 nitrogen and oxygen atoms in total. The lowest BCUT2D eigenvalue weighted by Crippen LogP contribution is -2.22. The molecule has 0 aromatic carbocycles. The molecule has 3 heterocycles. The Balaban J connectivity index is 1.45. The average Bonchev–Trinajstić information content (AvgIpc) is 3.26. The summed E-state index contributed by atoms with van der Waals surface area (Å²) in [6.45, 7) is 2.17. The molecule has 2 aliphatic rings. The van der Waals surface area contributed by atoms with Crippen molar-refractivity contribution in [1.29, 1.82) is 0 Å². The molecule has 118 valence electrons. The van der Waals surface area contributed by atoms with Gasteiger partial charge in [-0.3, -0.25) is 9.58 Å². The predicted octanol–water partition coefficient (Wildman–Crippen LogP) is 3.87. The third-order valence-corrected chi connectivity index (χ3v) is 6.17. The van der Waals surface area contributed by atoms with Crippen LogP contribution in [0.4, 0.5) is 0 Å². The van der Waals surface area contributed by atoms with Crippen molar-refractivity contribution >= 4 is 11.3 Å². The first kappa shape index (κ1) is 14.4. The molecule has 22 heavy (non-hydrogen) atoms. The van der Waals surface area contributed by atoms with E-state index in [4.69, 9.17) is 4.98 Å². The van der Waals surface area contributed by atoms with Crippen molar-refractivity contribution in [3.63, 3.8) is 0 Å². The highest BCUT2D eigenvalue weighted by molar-refractivity contribution is 7.09. The molecule has 2 aromatic heterocycles. The van der Waals surface area contributed by atoms with Crippen LogP contribution in [0.1, 0.15) is 66.7 Å². The minimum absolute atomic E-state index is 0.519. The average molecular weight is 316 g/mol. The maximum atomic E-state index is 4.95. The Kier molecular flexibility index (Phi) is 4.01. The van der Waals surface area contributed by atoms with Gasteiger partial charge in [0.25, 0.3) is 0 Å². The fourth-order valence-corrected chi connectivity index (χ4v) is 4.95. The number of hydrogen-bond donors (Lipinski definition) is 0. The van der Waals surface area contributed by atoms with Gasteiger partial charge in [0.1, 0.15) is 0 Å². The van der Waals surface area contributed by atoms with E-state index in [0.717, 1.165) is 12.5 Å². The molecule has 2 fully saturated rings. The number of aromatic nitrogens is 3. The summed E-state index contributed by atoms with van der Waals surface area (Å²) in [5.41, 5.74) is 2.62. The second-order valence-corrected chi connectivity index (χ2v) is 7.62. The standard InChI is InChI=1S/C17H24N4S/c1-20-10-14(9-18-20)16-7-4-8-21(16)11-15-12-22-17(19-15)13-5-2-3-6-13/h9-10,12-13,16H,2-8,11H2,1H3. The van der Waals surface area contributed by atoms with Crippen LogP contribution in [0, 0.1) is 0 Å². The summed E-state index contributed by atoms with van der Waals surface area (Å²) in [7, 11) is 2.00. The molecule has 0 amide bonds. The molecule has 1 aliphatic carbocycles. The summed E-state index contributed by atoms with van der Waals surface area (Å²) < 4.78 is 1.91. The summed E-state index contributed by atoms with van der Waals surface area (Å²) in [5.74, 6) is 0.742. The minimum Gasteiger partial charge on any atom is -0.290 e. The number of thiazole rings is 1. The Bertz CT molecular complexity index is 626. The van der Waals surface area contributed by atoms with Crippen molar-refractivity contribution in [2.45, 2.75) is 57.0 Å². The van der Waals surface area contributed by atoms with E-state index in [1.165, 1.54) is 61.3 Å². The summed E-state index contributed by atoms with van der Waals surface area (Å²) in [5, 5.41) is 8.00. The lowest BCUT2D eigenvalue weighted by atomic mass is 10.1. The smallest absolute Gasteiger partial charge is 0.0959 e. The van der Waals surface area contributed by atoms with Gasteiger partial charge in [-0.2, -0.15) is 5.10 Å². The molecule has 4 rings (SSSR count). The molecule has 0 bridgehead atoms. The molecule has 0 radical (unpaired) electrons. The van der Waals surface area contributed by atoms with E-state index in [9.17, 15) is 0 Å². The molecule has 0 N–H and O–H groups in total. The largest absolute Gasteiger partial charge is 0.290 e. The lowest BCUT2D eigenvalue weighted by Gasteiger charge is -2.22. The Hall–Kier alpha value is -1.20. The highest BCUT2D eigenvalue weighted by Crippen LogP contribution is 2.37. The van der Waals surface area contributed by atoms with Gasteiger partial charge in [-0.25, -0.2) is 4.98 Å². The van der Waals surface area contributed by atoms with Crippen LogP contribution in [0.2, 0.25) is 0 Å². The zero-order valence-corrected chi connectivity index (χ0v) is 14.1. The SMILES string of the molecule is Cn1cc(C2CCCN2Cc2csc(C3CCCC3)n2)cn1. The van der Waals surface area contributed by atoms with Crippen LogP contribution in [0.5, 0.6) is 0 Å². The zero-order chi connectivity index (χ0) is 14.9. The molecule has 5 heteroatoms. The summed E-state index contributed by atoms with van der Waals surface area (Å²) in [4.78, 5) is 7.52. The van der Waals surface area contributed by atoms with E-state index in [2.05, 4.69) is 21.6 Å². The third kappa shape index (κ3) is 2.84. The first-order valence-electron chi connectivity index (χ1n) is 8.46. The Morgan fingerprint density at radius 1 is 1.23 bits per heavy atom. The van der Waals surface area contributed by atoms with Crippen LogP contribution in [0.15, 0.2) is 17.8 Å². The van der Waals surface area contributed by atoms with Crippen LogP contribution < -0.4 is 0 Å². The van der Waals surface area contributed by atoms with Crippen molar-refractivity contribution in [2.75, 3.05) is 6.54 Å². The van der Waals surface area contributed by atoms with Crippen molar-refractivity contribution in [3.05, 3.63) is 34.0 Å². The summed E-state index contributed by atoms with van der Waals surface area (Å²) in [6, 6.07) is 0.519. The highest BCUT2D eigenvalue weighted by atomic mass is 32.1. The molecule has 1 aliphatic heterocycles. The van der Waals surface area contributed by atoms with Gasteiger partial charge in [-0.15, -0.1) is 11.3 Å². The van der Waals surface area contributed by atoms with Crippen LogP contribution >= 0.6 is 11.3 Å². The summed E-state index contributed by atoms with van der Waals surface area (Å²) >= 11 is 1.88. The minimum atomic E-state index is 0.519. The molecule has 1 saturated heterocycles. The number of nitrogens with zero attached hydrogens (tertiary/aromatic N) is 4. The summed E-state index contributed by atoms with van der Waals surface area (Å²) in [6.07, 6.45) is 12.2. The van der Waals surface area contributed by atoms with Gasteiger partial charge < -0.3 is 0 Å². The van der Waals surface area contributed by atoms with Gasteiger partial charge in [-0.05, 0) is 32.2 Å². The fourth-order valence-electron chi connectivity index (χ4n) is 3.97. The fraction of sp³-hybridized carbons (Fsp3) is 0.647. The number of likely N-dealkylation sites (tertiary alicyclic amines) is 1. The first-order chi connectivity index (χ1) is 10.8. The first-order valence-corrected chi connectivity index (χ1v) is 9.34. The number of rotatable bonds is 4. The van der Waals surface area contributed by atoms with Gasteiger partial charge >= 0.3 is 0 Å². The Labute approximate surface area is 136 Å². The molecule has 2 aromatic rings. The van der Waals surface area contributed by atoms with Gasteiger partial charge in [0, 0.05) is 42.7 Å². The highest BCUT2D eigenvalue weighted by Gasteiger charge is 2.28. The van der Waals surface area contributed by atoms with Crippen molar-refractivity contribution in [3.8, 4) is 0 Å². The van der Waals surface area contributed by atoms with Gasteiger partial charge in [0.05, 0.1) is 16.9 Å². The molecular formula is C17H24N4S. The van der Waals surface area contributed by atoms with Crippen LogP contribution in [-0.2, 0) is 13.6 Å². The maximum absolute atomic E-state index is 4.95. The predicted molar refractivity (Wildman–Crippen MR) is 88.9 cm³/mol. The number of aryl methyl sites for hydroxylation is 1. The van der Waals surface area contributed by atoms with Gasteiger partial charge in [0.2, 0.25) is 0 Å². The van der Waals surface area contributed by atoms with E-state index in [0.29, 0.717) is 6.04 Å². The second kappa shape index (κ2) is 6.13. The topological polar surface area (TPSA) is 34.0 Å². The third-order valence-electron chi connectivity index (χ3n) is 5.11. The van der Waals surface area contributed by atoms with Crippen molar-refractivity contribution in [2.24, 2.45) is 7.05 Å². The maximum Gasteiger partial charge on any atom is 0.0959 e. The second-order valence-electron chi connectivity index (χ2n) is 6.73. The van der Waals surface area contributed by atoms with Gasteiger partial charge in [0.15, 0.2) is 0 Å². The lowest BCUT2D eigenvalue weighted by molar-refractivity contribution is 0.246. The monoisotopic (exact) mass is 316 g/mol. The van der Waals surface area contributed by atoms with Gasteiger partial charge in [-0.1, -0.05) is 12.8 Å². The molecule has 0 spiro atoms. The van der Waals surface area contributed by atoms with Crippen LogP contribution in [0.3, 0.4) is 0 Å². The number of hydrogen-bond acceptors (Lipinski definition) is 4. The van der Waals surface area contributed by atoms with Crippen molar-refractivity contribution < 1.29 is 0 Å². The van der Waals surface area contributed by atoms with E-state index in [1.807, 2.05) is 29.3 Å². The molecule has 1 unspecified atom stereocenters.